The van der Waals surface area contributed by atoms with Crippen molar-refractivity contribution in [1.82, 2.24) is 4.31 Å². The Morgan fingerprint density at radius 3 is 2.02 bits per heavy atom. The van der Waals surface area contributed by atoms with Crippen LogP contribution in [-0.4, -0.2) is 47.5 Å². The lowest BCUT2D eigenvalue weighted by atomic mass is 10.0. The molecule has 0 aliphatic carbocycles. The van der Waals surface area contributed by atoms with E-state index in [0.717, 1.165) is 26.6 Å². The van der Waals surface area contributed by atoms with Crippen molar-refractivity contribution >= 4 is 21.6 Å². The van der Waals surface area contributed by atoms with E-state index in [0.29, 0.717) is 5.56 Å². The van der Waals surface area contributed by atoms with Crippen LogP contribution in [-0.2, 0) is 21.4 Å². The lowest BCUT2D eigenvalue weighted by Crippen LogP contribution is -2.41. The minimum absolute atomic E-state index is 0.0470. The first-order valence-electron chi connectivity index (χ1n) is 12.6. The molecule has 0 spiro atoms. The highest BCUT2D eigenvalue weighted by Gasteiger charge is 2.27. The largest absolute Gasteiger partial charge is 0.507 e. The highest BCUT2D eigenvalue weighted by molar-refractivity contribution is 7.89. The molecule has 4 aromatic rings. The molecule has 0 radical (unpaired) electrons. The average molecular weight is 572 g/mol. The molecule has 0 atom stereocenters. The van der Waals surface area contributed by atoms with E-state index >= 15 is 0 Å². The fourth-order valence-electron chi connectivity index (χ4n) is 4.22. The molecule has 0 aromatic heterocycles. The van der Waals surface area contributed by atoms with Crippen LogP contribution in [0.15, 0.2) is 95.9 Å². The van der Waals surface area contributed by atoms with Crippen LogP contribution in [0.2, 0.25) is 0 Å². The van der Waals surface area contributed by atoms with Crippen LogP contribution in [0.4, 0.5) is 5.69 Å². The highest BCUT2D eigenvalue weighted by Crippen LogP contribution is 2.30. The quantitative estimate of drug-likeness (QED) is 0.257. The number of sulfonamides is 1. The summed E-state index contributed by atoms with van der Waals surface area (Å²) in [6.07, 6.45) is -1.91. The first kappa shape index (κ1) is 29.5. The van der Waals surface area contributed by atoms with Crippen LogP contribution in [0, 0.1) is 18.3 Å². The number of anilines is 1. The van der Waals surface area contributed by atoms with Gasteiger partial charge in [-0.2, -0.15) is 9.57 Å². The molecule has 0 saturated carbocycles. The number of hydrogen-bond acceptors (Lipinski definition) is 7. The lowest BCUT2D eigenvalue weighted by Gasteiger charge is -2.26. The molecule has 4 aromatic carbocycles. The molecule has 0 fully saturated rings. The Morgan fingerprint density at radius 1 is 0.902 bits per heavy atom. The molecule has 4 rings (SSSR count). The number of nitrogens with zero attached hydrogens (tertiary/aromatic N) is 3. The van der Waals surface area contributed by atoms with E-state index in [1.807, 2.05) is 43.3 Å². The summed E-state index contributed by atoms with van der Waals surface area (Å²) < 4.78 is 27.2. The Balaban J connectivity index is 1.62. The summed E-state index contributed by atoms with van der Waals surface area (Å²) in [6, 6.07) is 26.9. The molecule has 0 heterocycles. The van der Waals surface area contributed by atoms with Gasteiger partial charge in [-0.15, -0.1) is 0 Å². The zero-order valence-corrected chi connectivity index (χ0v) is 23.3. The van der Waals surface area contributed by atoms with Crippen molar-refractivity contribution in [3.8, 4) is 22.9 Å². The maximum atomic E-state index is 13.6. The molecular weight excluding hydrogens is 542 g/mol. The summed E-state index contributed by atoms with van der Waals surface area (Å²) in [5, 5.41) is 38.4. The minimum Gasteiger partial charge on any atom is -0.507 e. The number of aliphatic hydroxyl groups excluding tert-OH is 1. The Morgan fingerprint density at radius 2 is 1.49 bits per heavy atom. The third kappa shape index (κ3) is 6.80. The fraction of sp³-hybridized carbons (Fsp3) is 0.161. The van der Waals surface area contributed by atoms with Gasteiger partial charge in [0.2, 0.25) is 15.9 Å². The topological polar surface area (TPSA) is 142 Å². The molecule has 41 heavy (non-hydrogen) atoms. The number of nitriles is 1. The number of likely N-dealkylation sites (N-methyl/N-ethyl adjacent to an activating group) is 1. The number of carbonyl (C=O) groups excluding carboxylic acids is 1. The summed E-state index contributed by atoms with van der Waals surface area (Å²) in [5.74, 6) is -0.983. The van der Waals surface area contributed by atoms with Crippen LogP contribution >= 0.6 is 0 Å². The summed E-state index contributed by atoms with van der Waals surface area (Å²) in [4.78, 5) is 15.0. The third-order valence-corrected chi connectivity index (χ3v) is 8.45. The molecule has 0 aliphatic rings. The number of phenols is 1. The molecular formula is C31H29N3O6S. The fourth-order valence-corrected chi connectivity index (χ4v) is 5.34. The van der Waals surface area contributed by atoms with Crippen molar-refractivity contribution in [3.05, 3.63) is 113 Å². The van der Waals surface area contributed by atoms with E-state index < -0.39 is 34.5 Å². The predicted octanol–water partition coefficient (Wildman–Crippen LogP) is 4.08. The van der Waals surface area contributed by atoms with E-state index in [1.165, 1.54) is 42.3 Å². The first-order valence-corrected chi connectivity index (χ1v) is 14.1. The molecule has 3 N–H and O–H groups in total. The highest BCUT2D eigenvalue weighted by atomic mass is 32.2. The van der Waals surface area contributed by atoms with Crippen molar-refractivity contribution < 1.29 is 28.5 Å². The number of amides is 1. The Labute approximate surface area is 238 Å². The van der Waals surface area contributed by atoms with Crippen LogP contribution in [0.25, 0.3) is 11.1 Å². The molecule has 0 bridgehead atoms. The second kappa shape index (κ2) is 12.3. The van der Waals surface area contributed by atoms with E-state index in [4.69, 9.17) is 5.26 Å². The number of phenolic OH excluding ortho intramolecular Hbond substituents is 1. The van der Waals surface area contributed by atoms with Crippen LogP contribution in [0.1, 0.15) is 28.5 Å². The number of aliphatic hydroxyl groups is 2. The smallest absolute Gasteiger partial charge is 0.243 e. The second-order valence-corrected chi connectivity index (χ2v) is 11.6. The van der Waals surface area contributed by atoms with Crippen LogP contribution in [0.3, 0.4) is 0 Å². The van der Waals surface area contributed by atoms with Gasteiger partial charge in [-0.25, -0.2) is 8.42 Å². The minimum atomic E-state index is -3.96. The van der Waals surface area contributed by atoms with Crippen molar-refractivity contribution in [3.63, 3.8) is 0 Å². The summed E-state index contributed by atoms with van der Waals surface area (Å²) in [7, 11) is -2.64. The van der Waals surface area contributed by atoms with Crippen molar-refractivity contribution in [2.75, 3.05) is 18.5 Å². The van der Waals surface area contributed by atoms with E-state index in [2.05, 4.69) is 6.07 Å². The summed E-state index contributed by atoms with van der Waals surface area (Å²) >= 11 is 0. The van der Waals surface area contributed by atoms with Gasteiger partial charge in [-0.05, 0) is 60.0 Å². The first-order chi connectivity index (χ1) is 19.5. The van der Waals surface area contributed by atoms with Gasteiger partial charge in [0, 0.05) is 24.4 Å². The van der Waals surface area contributed by atoms with Crippen molar-refractivity contribution in [1.29, 1.82) is 5.26 Å². The van der Waals surface area contributed by atoms with E-state index in [1.54, 1.807) is 24.3 Å². The monoisotopic (exact) mass is 571 g/mol. The van der Waals surface area contributed by atoms with Gasteiger partial charge in [-0.1, -0.05) is 54.1 Å². The number of benzene rings is 4. The summed E-state index contributed by atoms with van der Waals surface area (Å²) in [6.45, 7) is 1.41. The number of hydrogen-bond donors (Lipinski definition) is 3. The number of rotatable bonds is 9. The number of aryl methyl sites for hydroxylation is 1. The Hall–Kier alpha value is -4.53. The zero-order chi connectivity index (χ0) is 29.7. The third-order valence-electron chi connectivity index (χ3n) is 6.63. The molecule has 0 saturated heterocycles. The van der Waals surface area contributed by atoms with Gasteiger partial charge < -0.3 is 20.2 Å². The molecule has 210 valence electrons. The number of aromatic hydroxyl groups is 1. The maximum absolute atomic E-state index is 13.6. The van der Waals surface area contributed by atoms with Crippen LogP contribution in [0.5, 0.6) is 5.75 Å². The second-order valence-electron chi connectivity index (χ2n) is 9.56. The van der Waals surface area contributed by atoms with Gasteiger partial charge >= 0.3 is 0 Å². The zero-order valence-electron chi connectivity index (χ0n) is 22.5. The number of carbonyl (C=O) groups is 1. The van der Waals surface area contributed by atoms with Gasteiger partial charge in [0.25, 0.3) is 0 Å². The van der Waals surface area contributed by atoms with E-state index in [9.17, 15) is 28.5 Å². The predicted molar refractivity (Wildman–Crippen MR) is 154 cm³/mol. The van der Waals surface area contributed by atoms with Gasteiger partial charge in [0.15, 0.2) is 6.29 Å². The standard InChI is InChI=1S/C31H29N3O6S/c1-21-3-14-27(15-4-21)41(39,40)33(2)20-30(36)34(26-13-16-28(31(37)38)29(35)17-26)19-23-7-11-25(12-8-23)24-9-5-22(18-32)6-10-24/h3-17,31,35,37-38H,19-20H2,1-2H3. The van der Waals surface area contributed by atoms with Gasteiger partial charge in [0.05, 0.1) is 29.6 Å². The molecule has 0 aliphatic heterocycles. The van der Waals surface area contributed by atoms with Gasteiger partial charge in [-0.3, -0.25) is 4.79 Å². The Bertz CT molecular complexity index is 1680. The Kier molecular flexibility index (Phi) is 8.86. The molecule has 10 heteroatoms. The lowest BCUT2D eigenvalue weighted by molar-refractivity contribution is -0.118. The molecule has 0 unspecified atom stereocenters. The molecule has 9 nitrogen and oxygen atoms in total. The van der Waals surface area contributed by atoms with Crippen LogP contribution < -0.4 is 4.90 Å². The van der Waals surface area contributed by atoms with Crippen molar-refractivity contribution in [2.24, 2.45) is 0 Å². The molecule has 1 amide bonds. The van der Waals surface area contributed by atoms with Gasteiger partial charge in [0.1, 0.15) is 5.75 Å². The average Bonchev–Trinajstić information content (AvgIpc) is 2.96. The summed E-state index contributed by atoms with van der Waals surface area (Å²) in [5.41, 5.74) is 4.10. The maximum Gasteiger partial charge on any atom is 0.243 e. The SMILES string of the molecule is Cc1ccc(S(=O)(=O)N(C)CC(=O)N(Cc2ccc(-c3ccc(C#N)cc3)cc2)c2ccc(C(O)O)c(O)c2)cc1. The normalized spacial score (nSPS) is 11.4. The van der Waals surface area contributed by atoms with Crippen molar-refractivity contribution in [2.45, 2.75) is 24.7 Å². The van der Waals surface area contributed by atoms with E-state index in [-0.39, 0.29) is 22.7 Å².